The standard InChI is InChI=1S/C66H50N2O2/c1-65(42-18-28-52-50-26-12-16-33-61(50)70-64(52)65)68(57-30-14-10-24-48(57)44-21-7-4-8-22-44)58-41-37-46-36-38-53-56(40-35-45-34-39-54(58)66(46,2)62(45)53)67(55-29-13-9-23-47(55)43-19-5-3-6-20-43)59-31-17-27-51-49-25-11-15-32-60(49)69-63(51)59/h3-41,50,54,61H,42H2,1-2H3/t50?,54?,61?,65?,66-/m0/s1. The number of ether oxygens (including phenoxy) is 1. The quantitative estimate of drug-likeness (QED) is 0.152. The van der Waals surface area contributed by atoms with Crippen LogP contribution in [-0.4, -0.2) is 11.6 Å². The van der Waals surface area contributed by atoms with Gasteiger partial charge in [0.25, 0.3) is 0 Å². The third-order valence-electron chi connectivity index (χ3n) is 16.0. The smallest absolute Gasteiger partial charge is 0.159 e. The van der Waals surface area contributed by atoms with Gasteiger partial charge in [-0.3, -0.25) is 0 Å². The van der Waals surface area contributed by atoms with Crippen molar-refractivity contribution in [3.8, 4) is 22.3 Å². The molecule has 0 fully saturated rings. The lowest BCUT2D eigenvalue weighted by Gasteiger charge is -2.53. The molecule has 0 radical (unpaired) electrons. The molecule has 4 nitrogen and oxygen atoms in total. The van der Waals surface area contributed by atoms with Crippen LogP contribution in [-0.2, 0) is 10.2 Å². The maximum Gasteiger partial charge on any atom is 0.159 e. The molecule has 14 rings (SSSR count). The number of fused-ring (bicyclic) bond motifs is 5. The Labute approximate surface area is 409 Å². The van der Waals surface area contributed by atoms with Crippen molar-refractivity contribution in [3.05, 3.63) is 264 Å². The van der Waals surface area contributed by atoms with Crippen molar-refractivity contribution >= 4 is 56.8 Å². The van der Waals surface area contributed by atoms with Gasteiger partial charge >= 0.3 is 0 Å². The van der Waals surface area contributed by atoms with Gasteiger partial charge in [-0.05, 0) is 83.7 Å². The molecule has 336 valence electrons. The van der Waals surface area contributed by atoms with Gasteiger partial charge in [0.05, 0.1) is 17.1 Å². The fraction of sp³-hybridized carbons (Fsp3) is 0.121. The first-order chi connectivity index (χ1) is 34.5. The van der Waals surface area contributed by atoms with E-state index in [1.165, 1.54) is 44.7 Å². The van der Waals surface area contributed by atoms with Crippen LogP contribution in [0, 0.1) is 11.8 Å². The Morgan fingerprint density at radius 3 is 2.06 bits per heavy atom. The monoisotopic (exact) mass is 902 g/mol. The van der Waals surface area contributed by atoms with Gasteiger partial charge in [-0.15, -0.1) is 0 Å². The summed E-state index contributed by atoms with van der Waals surface area (Å²) in [5.41, 5.74) is 17.4. The summed E-state index contributed by atoms with van der Waals surface area (Å²) in [7, 11) is 0. The van der Waals surface area contributed by atoms with Crippen molar-refractivity contribution in [1.82, 2.24) is 0 Å². The van der Waals surface area contributed by atoms with E-state index in [2.05, 4.69) is 260 Å². The number of furan rings is 1. The molecule has 70 heavy (non-hydrogen) atoms. The minimum absolute atomic E-state index is 0.0260. The maximum absolute atomic E-state index is 7.17. The van der Waals surface area contributed by atoms with E-state index < -0.39 is 11.0 Å². The summed E-state index contributed by atoms with van der Waals surface area (Å²) >= 11 is 0. The van der Waals surface area contributed by atoms with E-state index in [0.29, 0.717) is 0 Å². The highest BCUT2D eigenvalue weighted by Gasteiger charge is 2.54. The van der Waals surface area contributed by atoms with Crippen LogP contribution in [0.15, 0.2) is 252 Å². The van der Waals surface area contributed by atoms with Gasteiger partial charge in [-0.1, -0.05) is 201 Å². The van der Waals surface area contributed by atoms with Crippen LogP contribution in [0.25, 0.3) is 56.3 Å². The molecular weight excluding hydrogens is 853 g/mol. The topological polar surface area (TPSA) is 28.9 Å². The predicted molar refractivity (Wildman–Crippen MR) is 289 cm³/mol. The molecule has 1 aromatic heterocycles. The second-order valence-corrected chi connectivity index (χ2v) is 19.8. The van der Waals surface area contributed by atoms with E-state index in [9.17, 15) is 0 Å². The number of hydrogen-bond acceptors (Lipinski definition) is 4. The Morgan fingerprint density at radius 2 is 1.24 bits per heavy atom. The summed E-state index contributed by atoms with van der Waals surface area (Å²) in [6, 6.07) is 59.1. The van der Waals surface area contributed by atoms with Crippen molar-refractivity contribution in [1.29, 1.82) is 0 Å². The predicted octanol–water partition coefficient (Wildman–Crippen LogP) is 16.8. The van der Waals surface area contributed by atoms with Gasteiger partial charge in [0.2, 0.25) is 0 Å². The summed E-state index contributed by atoms with van der Waals surface area (Å²) in [6.07, 6.45) is 28.7. The largest absolute Gasteiger partial charge is 0.487 e. The Balaban J connectivity index is 0.984. The molecule has 6 aliphatic rings. The van der Waals surface area contributed by atoms with Gasteiger partial charge in [0.15, 0.2) is 5.58 Å². The molecule has 0 bridgehead atoms. The van der Waals surface area contributed by atoms with Crippen LogP contribution in [0.1, 0.15) is 37.0 Å². The number of allylic oxidation sites excluding steroid dienone is 8. The third kappa shape index (κ3) is 5.89. The third-order valence-corrected chi connectivity index (χ3v) is 16.0. The summed E-state index contributed by atoms with van der Waals surface area (Å²) in [5, 5.41) is 2.20. The van der Waals surface area contributed by atoms with Crippen LogP contribution in [0.2, 0.25) is 0 Å². The minimum Gasteiger partial charge on any atom is -0.487 e. The lowest BCUT2D eigenvalue weighted by molar-refractivity contribution is 0.132. The van der Waals surface area contributed by atoms with Crippen molar-refractivity contribution < 1.29 is 9.15 Å². The second kappa shape index (κ2) is 15.6. The zero-order valence-electron chi connectivity index (χ0n) is 39.2. The second-order valence-electron chi connectivity index (χ2n) is 19.8. The number of para-hydroxylation sites is 4. The lowest BCUT2D eigenvalue weighted by Crippen LogP contribution is -2.53. The molecule has 7 aromatic carbocycles. The van der Waals surface area contributed by atoms with Gasteiger partial charge in [-0.25, -0.2) is 0 Å². The first-order valence-corrected chi connectivity index (χ1v) is 24.7. The van der Waals surface area contributed by atoms with E-state index in [-0.39, 0.29) is 17.9 Å². The molecule has 5 aliphatic carbocycles. The number of rotatable bonds is 8. The first kappa shape index (κ1) is 40.7. The van der Waals surface area contributed by atoms with Crippen molar-refractivity contribution in [3.63, 3.8) is 0 Å². The molecular formula is C66H50N2O2. The van der Waals surface area contributed by atoms with Crippen LogP contribution in [0.4, 0.5) is 22.7 Å². The highest BCUT2D eigenvalue weighted by Crippen LogP contribution is 2.60. The van der Waals surface area contributed by atoms with E-state index >= 15 is 0 Å². The first-order valence-electron chi connectivity index (χ1n) is 24.7. The van der Waals surface area contributed by atoms with Gasteiger partial charge in [0.1, 0.15) is 23.0 Å². The summed E-state index contributed by atoms with van der Waals surface area (Å²) in [5.74, 6) is 1.21. The molecule has 5 atom stereocenters. The van der Waals surface area contributed by atoms with Gasteiger partial charge < -0.3 is 19.0 Å². The molecule has 1 aliphatic heterocycles. The number of anilines is 4. The highest BCUT2D eigenvalue weighted by atomic mass is 16.5. The van der Waals surface area contributed by atoms with E-state index in [1.807, 2.05) is 0 Å². The zero-order valence-corrected chi connectivity index (χ0v) is 39.2. The van der Waals surface area contributed by atoms with E-state index in [0.717, 1.165) is 68.0 Å². The number of benzene rings is 7. The average molecular weight is 903 g/mol. The van der Waals surface area contributed by atoms with Gasteiger partial charge in [-0.2, -0.15) is 0 Å². The molecule has 4 unspecified atom stereocenters. The maximum atomic E-state index is 7.17. The van der Waals surface area contributed by atoms with Crippen LogP contribution in [0.3, 0.4) is 0 Å². The van der Waals surface area contributed by atoms with E-state index in [1.54, 1.807) is 0 Å². The van der Waals surface area contributed by atoms with Crippen molar-refractivity contribution in [2.24, 2.45) is 11.8 Å². The molecule has 2 heterocycles. The molecule has 4 heteroatoms. The number of nitrogens with zero attached hydrogens (tertiary/aromatic N) is 2. The molecule has 8 aromatic rings. The summed E-state index contributed by atoms with van der Waals surface area (Å²) in [4.78, 5) is 5.13. The molecule has 0 N–H and O–H groups in total. The normalized spacial score (nSPS) is 23.1. The van der Waals surface area contributed by atoms with Crippen molar-refractivity contribution in [2.45, 2.75) is 37.3 Å². The average Bonchev–Trinajstić information content (AvgIpc) is 4.00. The lowest BCUT2D eigenvalue weighted by atomic mass is 9.57. The fourth-order valence-corrected chi connectivity index (χ4v) is 12.8. The van der Waals surface area contributed by atoms with Crippen molar-refractivity contribution in [2.75, 3.05) is 9.80 Å². The summed E-state index contributed by atoms with van der Waals surface area (Å²) in [6.45, 7) is 4.90. The van der Waals surface area contributed by atoms with Crippen LogP contribution >= 0.6 is 0 Å². The Kier molecular flexibility index (Phi) is 9.07. The van der Waals surface area contributed by atoms with Gasteiger partial charge in [0, 0.05) is 61.7 Å². The molecule has 0 saturated heterocycles. The molecule has 0 spiro atoms. The Morgan fingerprint density at radius 1 is 0.557 bits per heavy atom. The Hall–Kier alpha value is -8.34. The SMILES string of the molecule is CC1(N(C2=CC=C3C=Cc4c(N(c5ccccc5-c5ccccc5)c5cccc6c5oc5ccccc56)ccc5c4[C@]3(C)C2C=C5)c2ccccc2-c2ccccc2)CC=CC2=C1OC1C=CC=CC21. The molecule has 0 saturated carbocycles. The molecule has 0 amide bonds. The highest BCUT2D eigenvalue weighted by molar-refractivity contribution is 6.11. The van der Waals surface area contributed by atoms with Crippen LogP contribution in [0.5, 0.6) is 0 Å². The minimum atomic E-state index is -0.548. The fourth-order valence-electron chi connectivity index (χ4n) is 12.8. The number of hydrogen-bond donors (Lipinski definition) is 0. The van der Waals surface area contributed by atoms with Crippen LogP contribution < -0.4 is 9.80 Å². The zero-order chi connectivity index (χ0) is 46.6. The summed E-state index contributed by atoms with van der Waals surface area (Å²) < 4.78 is 14.1. The van der Waals surface area contributed by atoms with E-state index in [4.69, 9.17) is 9.15 Å². The Bertz CT molecular complexity index is 3730.